The lowest BCUT2D eigenvalue weighted by molar-refractivity contribution is 0.00578. The maximum Gasteiger partial charge on any atom is 0.492 e. The molecular weight excluding hydrogens is 521 g/mol. The molecule has 8 nitrogen and oxygen atoms in total. The van der Waals surface area contributed by atoms with Crippen LogP contribution in [0, 0.1) is 0 Å². The number of hydrogen-bond acceptors (Lipinski definition) is 7. The number of esters is 1. The summed E-state index contributed by atoms with van der Waals surface area (Å²) in [5, 5.41) is 13.4. The van der Waals surface area contributed by atoms with E-state index in [1.807, 2.05) is 52.0 Å². The van der Waals surface area contributed by atoms with Crippen LogP contribution in [0.5, 0.6) is 5.75 Å². The number of benzene rings is 3. The molecule has 9 heteroatoms. The van der Waals surface area contributed by atoms with Crippen LogP contribution in [0.3, 0.4) is 0 Å². The minimum absolute atomic E-state index is 0.0473. The molecule has 3 aromatic rings. The van der Waals surface area contributed by atoms with Gasteiger partial charge in [-0.2, -0.15) is 0 Å². The summed E-state index contributed by atoms with van der Waals surface area (Å²) in [6.07, 6.45) is 1.10. The summed E-state index contributed by atoms with van der Waals surface area (Å²) in [7, 11) is 0.493. The number of alkyl carbamates (subject to hydrolysis) is 1. The average molecular weight is 555 g/mol. The maximum absolute atomic E-state index is 12.9. The fourth-order valence-corrected chi connectivity index (χ4v) is 5.13. The molecule has 0 atom stereocenters. The normalized spacial score (nSPS) is 17.1. The number of phenolic OH excluding ortho intramolecular Hbond substituents is 1. The molecule has 2 aliphatic rings. The fraction of sp³-hybridized carbons (Fsp3) is 0.312. The number of fused-ring (bicyclic) bond motifs is 3. The van der Waals surface area contributed by atoms with Crippen molar-refractivity contribution in [2.24, 2.45) is 0 Å². The van der Waals surface area contributed by atoms with E-state index in [9.17, 15) is 14.7 Å². The van der Waals surface area contributed by atoms with Gasteiger partial charge in [-0.3, -0.25) is 0 Å². The number of rotatable bonds is 7. The van der Waals surface area contributed by atoms with Gasteiger partial charge in [0.05, 0.1) is 23.9 Å². The van der Waals surface area contributed by atoms with Crippen molar-refractivity contribution in [2.75, 3.05) is 20.3 Å². The highest BCUT2D eigenvalue weighted by atomic mass is 16.7. The first-order valence-corrected chi connectivity index (χ1v) is 13.6. The van der Waals surface area contributed by atoms with E-state index in [4.69, 9.17) is 18.8 Å². The Bertz CT molecular complexity index is 1450. The number of ether oxygens (including phenoxy) is 2. The number of carbonyl (C=O) groups is 2. The van der Waals surface area contributed by atoms with Crippen molar-refractivity contribution in [1.82, 2.24) is 5.32 Å². The largest absolute Gasteiger partial charge is 0.507 e. The lowest BCUT2D eigenvalue weighted by Crippen LogP contribution is -2.41. The molecule has 1 fully saturated rings. The van der Waals surface area contributed by atoms with Crippen LogP contribution < -0.4 is 5.32 Å². The van der Waals surface area contributed by atoms with Crippen LogP contribution in [0.15, 0.2) is 72.2 Å². The first kappa shape index (κ1) is 28.5. The third-order valence-electron chi connectivity index (χ3n) is 8.13. The van der Waals surface area contributed by atoms with E-state index in [-0.39, 0.29) is 30.4 Å². The maximum atomic E-state index is 12.9. The van der Waals surface area contributed by atoms with E-state index in [0.29, 0.717) is 11.0 Å². The molecule has 5 rings (SSSR count). The minimum atomic E-state index is -0.784. The van der Waals surface area contributed by atoms with Gasteiger partial charge in [-0.1, -0.05) is 60.7 Å². The predicted molar refractivity (Wildman–Crippen MR) is 157 cm³/mol. The van der Waals surface area contributed by atoms with Crippen LogP contribution in [-0.4, -0.2) is 55.8 Å². The summed E-state index contributed by atoms with van der Waals surface area (Å²) in [4.78, 5) is 24.8. The number of nitrogens with one attached hydrogen (secondary N) is 1. The van der Waals surface area contributed by atoms with E-state index in [1.165, 1.54) is 13.2 Å². The molecule has 1 amide bonds. The van der Waals surface area contributed by atoms with Crippen LogP contribution in [0.1, 0.15) is 60.7 Å². The predicted octanol–water partition coefficient (Wildman–Crippen LogP) is 5.73. The molecule has 0 spiro atoms. The second-order valence-electron chi connectivity index (χ2n) is 11.3. The first-order chi connectivity index (χ1) is 19.5. The third kappa shape index (κ3) is 5.60. The lowest BCUT2D eigenvalue weighted by atomic mass is 9.77. The van der Waals surface area contributed by atoms with Crippen molar-refractivity contribution in [3.63, 3.8) is 0 Å². The van der Waals surface area contributed by atoms with E-state index < -0.39 is 30.4 Å². The van der Waals surface area contributed by atoms with Gasteiger partial charge in [0.25, 0.3) is 0 Å². The molecule has 0 aromatic heterocycles. The van der Waals surface area contributed by atoms with Gasteiger partial charge >= 0.3 is 19.2 Å². The summed E-state index contributed by atoms with van der Waals surface area (Å²) in [6.45, 7) is 7.98. The first-order valence-electron chi connectivity index (χ1n) is 13.6. The molecule has 1 aliphatic carbocycles. The van der Waals surface area contributed by atoms with Crippen LogP contribution >= 0.6 is 0 Å². The molecule has 0 radical (unpaired) electrons. The molecule has 3 aromatic carbocycles. The number of methoxy groups -OCH3 is 1. The summed E-state index contributed by atoms with van der Waals surface area (Å²) in [6, 6.07) is 20.8. The Labute approximate surface area is 240 Å². The second kappa shape index (κ2) is 11.1. The fourth-order valence-electron chi connectivity index (χ4n) is 5.13. The quantitative estimate of drug-likeness (QED) is 0.284. The van der Waals surface area contributed by atoms with Gasteiger partial charge in [-0.15, -0.1) is 0 Å². The lowest BCUT2D eigenvalue weighted by Gasteiger charge is -2.32. The van der Waals surface area contributed by atoms with Gasteiger partial charge in [0, 0.05) is 18.0 Å². The zero-order chi connectivity index (χ0) is 29.4. The number of hydrogen-bond donors (Lipinski definition) is 2. The Hall–Kier alpha value is -4.08. The average Bonchev–Trinajstić information content (AvgIpc) is 3.38. The van der Waals surface area contributed by atoms with Crippen molar-refractivity contribution in [3.8, 4) is 16.9 Å². The van der Waals surface area contributed by atoms with Crippen LogP contribution in [0.4, 0.5) is 4.79 Å². The monoisotopic (exact) mass is 555 g/mol. The van der Waals surface area contributed by atoms with Crippen molar-refractivity contribution >= 4 is 25.3 Å². The summed E-state index contributed by atoms with van der Waals surface area (Å²) in [5.74, 6) is -0.737. The Morgan fingerprint density at radius 3 is 2.10 bits per heavy atom. The van der Waals surface area contributed by atoms with E-state index >= 15 is 0 Å². The van der Waals surface area contributed by atoms with Crippen LogP contribution in [0.2, 0.25) is 0 Å². The van der Waals surface area contributed by atoms with Gasteiger partial charge < -0.3 is 29.2 Å². The molecule has 2 N–H and O–H groups in total. The Balaban J connectivity index is 1.32. The Morgan fingerprint density at radius 2 is 1.54 bits per heavy atom. The smallest absolute Gasteiger partial charge is 0.492 e. The highest BCUT2D eigenvalue weighted by Gasteiger charge is 2.52. The van der Waals surface area contributed by atoms with Gasteiger partial charge in [0.1, 0.15) is 12.4 Å². The highest BCUT2D eigenvalue weighted by molar-refractivity contribution is 6.56. The van der Waals surface area contributed by atoms with Crippen molar-refractivity contribution in [2.45, 2.75) is 44.8 Å². The highest BCUT2D eigenvalue weighted by Crippen LogP contribution is 2.44. The molecule has 1 heterocycles. The van der Waals surface area contributed by atoms with Crippen molar-refractivity contribution < 1.29 is 33.5 Å². The van der Waals surface area contributed by atoms with Gasteiger partial charge in [0.15, 0.2) is 0 Å². The topological polar surface area (TPSA) is 103 Å². The van der Waals surface area contributed by atoms with Gasteiger partial charge in [-0.25, -0.2) is 9.59 Å². The number of amides is 1. The standard InChI is InChI=1S/C32H34BNO7/c1-31(2)32(3,4)41-33(40-31)22(16-20-14-15-21(17-28(20)35)29(36)38-5)18-34-30(37)39-19-27-25-12-8-6-10-23(25)24-11-7-9-13-26(24)27/h6-17,27,35H,18-19H2,1-5H3,(H,34,37). The molecule has 1 aliphatic heterocycles. The molecule has 0 bridgehead atoms. The molecule has 0 saturated carbocycles. The zero-order valence-corrected chi connectivity index (χ0v) is 23.9. The Morgan fingerprint density at radius 1 is 0.951 bits per heavy atom. The summed E-state index contributed by atoms with van der Waals surface area (Å²) < 4.78 is 22.9. The summed E-state index contributed by atoms with van der Waals surface area (Å²) in [5.41, 5.74) is 4.55. The Kier molecular flexibility index (Phi) is 7.68. The second-order valence-corrected chi connectivity index (χ2v) is 11.3. The molecule has 212 valence electrons. The van der Waals surface area contributed by atoms with Gasteiger partial charge in [-0.05, 0) is 67.6 Å². The third-order valence-corrected chi connectivity index (χ3v) is 8.13. The number of aromatic hydroxyl groups is 1. The SMILES string of the molecule is COC(=O)c1ccc(C=C(CNC(=O)OCC2c3ccccc3-c3ccccc32)B2OC(C)(C)C(C)(C)O2)c(O)c1. The molecule has 0 unspecified atom stereocenters. The molecule has 1 saturated heterocycles. The molecular formula is C32H34BNO7. The number of carbonyl (C=O) groups excluding carboxylic acids is 2. The van der Waals surface area contributed by atoms with Crippen molar-refractivity contribution in [1.29, 1.82) is 0 Å². The zero-order valence-electron chi connectivity index (χ0n) is 23.9. The summed E-state index contributed by atoms with van der Waals surface area (Å²) >= 11 is 0. The van der Waals surface area contributed by atoms with E-state index in [0.717, 1.165) is 22.3 Å². The van der Waals surface area contributed by atoms with Crippen LogP contribution in [-0.2, 0) is 18.8 Å². The van der Waals surface area contributed by atoms with Crippen LogP contribution in [0.25, 0.3) is 17.2 Å². The molecule has 41 heavy (non-hydrogen) atoms. The number of phenols is 1. The van der Waals surface area contributed by atoms with E-state index in [1.54, 1.807) is 18.2 Å². The minimum Gasteiger partial charge on any atom is -0.507 e. The van der Waals surface area contributed by atoms with E-state index in [2.05, 4.69) is 29.6 Å². The van der Waals surface area contributed by atoms with Crippen molar-refractivity contribution in [3.05, 3.63) is 94.5 Å². The van der Waals surface area contributed by atoms with Gasteiger partial charge in [0.2, 0.25) is 0 Å².